The molecule has 1 fully saturated rings. The molecule has 0 bridgehead atoms. The zero-order chi connectivity index (χ0) is 20.2. The first-order valence-electron chi connectivity index (χ1n) is 9.72. The highest BCUT2D eigenvalue weighted by atomic mass is 19.1. The third kappa shape index (κ3) is 4.20. The van der Waals surface area contributed by atoms with Crippen LogP contribution in [0.15, 0.2) is 72.8 Å². The second kappa shape index (κ2) is 8.53. The van der Waals surface area contributed by atoms with E-state index < -0.39 is 5.82 Å². The summed E-state index contributed by atoms with van der Waals surface area (Å²) in [6.07, 6.45) is 0. The fraction of sp³-hybridized carbons (Fsp3) is 0.208. The van der Waals surface area contributed by atoms with E-state index >= 15 is 0 Å². The third-order valence-electron chi connectivity index (χ3n) is 5.34. The molecule has 1 aliphatic heterocycles. The van der Waals surface area contributed by atoms with Crippen LogP contribution in [0.3, 0.4) is 0 Å². The van der Waals surface area contributed by atoms with Crippen LogP contribution in [0.2, 0.25) is 0 Å². The number of rotatable bonds is 4. The Morgan fingerprint density at radius 1 is 0.724 bits per heavy atom. The maximum absolute atomic E-state index is 14.3. The lowest BCUT2D eigenvalue weighted by Crippen LogP contribution is -2.48. The first-order chi connectivity index (χ1) is 14.1. The molecule has 3 nitrogen and oxygen atoms in total. The number of carbonyl (C=O) groups is 1. The molecular weight excluding hydrogens is 370 g/mol. The second-order valence-electron chi connectivity index (χ2n) is 7.19. The molecule has 1 heterocycles. The van der Waals surface area contributed by atoms with Crippen molar-refractivity contribution < 1.29 is 13.6 Å². The van der Waals surface area contributed by atoms with Gasteiger partial charge < -0.3 is 4.90 Å². The van der Waals surface area contributed by atoms with E-state index in [2.05, 4.69) is 4.90 Å². The van der Waals surface area contributed by atoms with Crippen LogP contribution in [0.5, 0.6) is 0 Å². The molecule has 0 N–H and O–H groups in total. The minimum atomic E-state index is -0.487. The van der Waals surface area contributed by atoms with Gasteiger partial charge in [-0.3, -0.25) is 9.69 Å². The Morgan fingerprint density at radius 3 is 2.00 bits per heavy atom. The van der Waals surface area contributed by atoms with E-state index in [1.54, 1.807) is 29.2 Å². The average Bonchev–Trinajstić information content (AvgIpc) is 2.75. The Morgan fingerprint density at radius 2 is 1.31 bits per heavy atom. The minimum Gasteiger partial charge on any atom is -0.336 e. The van der Waals surface area contributed by atoms with Gasteiger partial charge in [0, 0.05) is 38.3 Å². The number of halogens is 2. The van der Waals surface area contributed by atoms with Crippen molar-refractivity contribution in [1.29, 1.82) is 0 Å². The van der Waals surface area contributed by atoms with E-state index in [9.17, 15) is 13.6 Å². The van der Waals surface area contributed by atoms with E-state index in [1.165, 1.54) is 18.2 Å². The fourth-order valence-corrected chi connectivity index (χ4v) is 3.76. The van der Waals surface area contributed by atoms with Crippen molar-refractivity contribution >= 4 is 5.91 Å². The van der Waals surface area contributed by atoms with E-state index in [0.717, 1.165) is 11.1 Å². The van der Waals surface area contributed by atoms with Gasteiger partial charge in [0.2, 0.25) is 0 Å². The summed E-state index contributed by atoms with van der Waals surface area (Å²) < 4.78 is 28.2. The lowest BCUT2D eigenvalue weighted by Gasteiger charge is -2.35. The summed E-state index contributed by atoms with van der Waals surface area (Å²) >= 11 is 0. The Kier molecular flexibility index (Phi) is 5.67. The highest BCUT2D eigenvalue weighted by molar-refractivity contribution is 5.94. The average molecular weight is 392 g/mol. The lowest BCUT2D eigenvalue weighted by molar-refractivity contribution is 0.0624. The summed E-state index contributed by atoms with van der Waals surface area (Å²) in [4.78, 5) is 16.5. The molecule has 0 aliphatic carbocycles. The molecule has 0 saturated carbocycles. The van der Waals surface area contributed by atoms with Gasteiger partial charge in [0.05, 0.1) is 5.56 Å². The Labute approximate surface area is 169 Å². The summed E-state index contributed by atoms with van der Waals surface area (Å²) in [5, 5.41) is 0. The van der Waals surface area contributed by atoms with Crippen LogP contribution >= 0.6 is 0 Å². The van der Waals surface area contributed by atoms with Gasteiger partial charge in [-0.1, -0.05) is 54.6 Å². The SMILES string of the molecule is O=C(c1ccccc1F)N1CCN(Cc2ccccc2-c2ccccc2F)CC1. The second-order valence-corrected chi connectivity index (χ2v) is 7.19. The third-order valence-corrected chi connectivity index (χ3v) is 5.34. The topological polar surface area (TPSA) is 23.6 Å². The highest BCUT2D eigenvalue weighted by Gasteiger charge is 2.24. The van der Waals surface area contributed by atoms with Gasteiger partial charge in [-0.25, -0.2) is 8.78 Å². The molecule has 1 amide bonds. The minimum absolute atomic E-state index is 0.117. The standard InChI is InChI=1S/C24H22F2N2O/c25-22-11-5-3-9-20(22)19-8-2-1-7-18(19)17-27-13-15-28(16-14-27)24(29)21-10-4-6-12-23(21)26/h1-12H,13-17H2. The summed E-state index contributed by atoms with van der Waals surface area (Å²) in [6.45, 7) is 3.12. The number of nitrogens with zero attached hydrogens (tertiary/aromatic N) is 2. The number of amides is 1. The number of hydrogen-bond donors (Lipinski definition) is 0. The molecule has 5 heteroatoms. The molecule has 4 rings (SSSR count). The molecule has 0 aromatic heterocycles. The van der Waals surface area contributed by atoms with Gasteiger partial charge in [0.25, 0.3) is 5.91 Å². The maximum atomic E-state index is 14.3. The van der Waals surface area contributed by atoms with Crippen LogP contribution < -0.4 is 0 Å². The summed E-state index contributed by atoms with van der Waals surface area (Å²) in [6, 6.07) is 20.7. The summed E-state index contributed by atoms with van der Waals surface area (Å²) in [5.74, 6) is -0.992. The Bertz CT molecular complexity index is 1010. The van der Waals surface area contributed by atoms with Crippen molar-refractivity contribution in [2.45, 2.75) is 6.54 Å². The maximum Gasteiger partial charge on any atom is 0.256 e. The fourth-order valence-electron chi connectivity index (χ4n) is 3.76. The van der Waals surface area contributed by atoms with Crippen LogP contribution in [0.25, 0.3) is 11.1 Å². The molecule has 0 spiro atoms. The number of piperazine rings is 1. The quantitative estimate of drug-likeness (QED) is 0.648. The van der Waals surface area contributed by atoms with Crippen molar-refractivity contribution in [1.82, 2.24) is 9.80 Å². The van der Waals surface area contributed by atoms with Crippen LogP contribution in [0.4, 0.5) is 8.78 Å². The van der Waals surface area contributed by atoms with Crippen molar-refractivity contribution in [3.8, 4) is 11.1 Å². The predicted molar refractivity (Wildman–Crippen MR) is 109 cm³/mol. The largest absolute Gasteiger partial charge is 0.336 e. The monoisotopic (exact) mass is 392 g/mol. The molecule has 3 aromatic rings. The van der Waals surface area contributed by atoms with Gasteiger partial charge >= 0.3 is 0 Å². The van der Waals surface area contributed by atoms with Gasteiger partial charge in [0.1, 0.15) is 11.6 Å². The molecular formula is C24H22F2N2O. The van der Waals surface area contributed by atoms with Crippen LogP contribution in [0, 0.1) is 11.6 Å². The number of carbonyl (C=O) groups excluding carboxylic acids is 1. The Balaban J connectivity index is 1.44. The summed E-state index contributed by atoms with van der Waals surface area (Å²) in [5.41, 5.74) is 2.64. The van der Waals surface area contributed by atoms with E-state index in [1.807, 2.05) is 30.3 Å². The number of benzene rings is 3. The number of hydrogen-bond acceptors (Lipinski definition) is 2. The Hall–Kier alpha value is -3.05. The van der Waals surface area contributed by atoms with Crippen molar-refractivity contribution in [2.75, 3.05) is 26.2 Å². The van der Waals surface area contributed by atoms with Crippen LogP contribution in [-0.4, -0.2) is 41.9 Å². The first kappa shape index (κ1) is 19.3. The molecule has 29 heavy (non-hydrogen) atoms. The van der Waals surface area contributed by atoms with E-state index in [4.69, 9.17) is 0 Å². The van der Waals surface area contributed by atoms with Gasteiger partial charge in [-0.2, -0.15) is 0 Å². The van der Waals surface area contributed by atoms with Crippen molar-refractivity contribution in [3.63, 3.8) is 0 Å². The molecule has 0 radical (unpaired) electrons. The molecule has 1 aliphatic rings. The smallest absolute Gasteiger partial charge is 0.256 e. The van der Waals surface area contributed by atoms with Gasteiger partial charge in [-0.05, 0) is 29.3 Å². The molecule has 0 atom stereocenters. The van der Waals surface area contributed by atoms with Gasteiger partial charge in [0.15, 0.2) is 0 Å². The molecule has 3 aromatic carbocycles. The normalized spacial score (nSPS) is 14.8. The molecule has 0 unspecified atom stereocenters. The first-order valence-corrected chi connectivity index (χ1v) is 9.72. The van der Waals surface area contributed by atoms with Crippen molar-refractivity contribution in [2.24, 2.45) is 0 Å². The summed E-state index contributed by atoms with van der Waals surface area (Å²) in [7, 11) is 0. The van der Waals surface area contributed by atoms with Crippen LogP contribution in [-0.2, 0) is 6.54 Å². The van der Waals surface area contributed by atoms with E-state index in [0.29, 0.717) is 38.3 Å². The highest BCUT2D eigenvalue weighted by Crippen LogP contribution is 2.27. The van der Waals surface area contributed by atoms with Crippen molar-refractivity contribution in [3.05, 3.63) is 95.6 Å². The zero-order valence-electron chi connectivity index (χ0n) is 16.0. The molecule has 1 saturated heterocycles. The van der Waals surface area contributed by atoms with E-state index in [-0.39, 0.29) is 17.3 Å². The molecule has 148 valence electrons. The predicted octanol–water partition coefficient (Wildman–Crippen LogP) is 4.59. The van der Waals surface area contributed by atoms with Crippen LogP contribution in [0.1, 0.15) is 15.9 Å². The lowest BCUT2D eigenvalue weighted by atomic mass is 9.98. The van der Waals surface area contributed by atoms with Gasteiger partial charge in [-0.15, -0.1) is 0 Å². The zero-order valence-corrected chi connectivity index (χ0v) is 16.0.